The Kier molecular flexibility index (Phi) is 5.77. The van der Waals surface area contributed by atoms with Gasteiger partial charge < -0.3 is 5.11 Å². The molecule has 1 atom stereocenters. The number of rotatable bonds is 6. The number of likely N-dealkylation sites (N-methyl/N-ethyl adjacent to an activating group) is 1. The van der Waals surface area contributed by atoms with Gasteiger partial charge in [0.1, 0.15) is 6.04 Å². The van der Waals surface area contributed by atoms with Crippen molar-refractivity contribution >= 4 is 5.97 Å². The minimum atomic E-state index is -0.714. The van der Waals surface area contributed by atoms with Gasteiger partial charge in [-0.3, -0.25) is 9.69 Å². The molecule has 0 aliphatic heterocycles. The van der Waals surface area contributed by atoms with Gasteiger partial charge in [0.15, 0.2) is 0 Å². The van der Waals surface area contributed by atoms with Gasteiger partial charge in [0.05, 0.1) is 0 Å². The van der Waals surface area contributed by atoms with Crippen molar-refractivity contribution < 1.29 is 9.90 Å². The third-order valence-electron chi connectivity index (χ3n) is 2.84. The molecule has 3 heteroatoms. The highest BCUT2D eigenvalue weighted by Crippen LogP contribution is 2.16. The van der Waals surface area contributed by atoms with Gasteiger partial charge in [-0.15, -0.1) is 0 Å². The molecule has 1 N–H and O–H groups in total. The topological polar surface area (TPSA) is 40.5 Å². The summed E-state index contributed by atoms with van der Waals surface area (Å²) in [6, 6.07) is 0.0124. The maximum Gasteiger partial charge on any atom is 0.321 e. The molecule has 0 aromatic carbocycles. The van der Waals surface area contributed by atoms with Crippen LogP contribution in [0.1, 0.15) is 40.5 Å². The molecule has 0 radical (unpaired) electrons. The SMILES string of the molecule is CCC(CC)N(C)C(C(=O)O)C(C)C. The molecule has 14 heavy (non-hydrogen) atoms. The van der Waals surface area contributed by atoms with Gasteiger partial charge in [0.2, 0.25) is 0 Å². The highest BCUT2D eigenvalue weighted by Gasteiger charge is 2.29. The largest absolute Gasteiger partial charge is 0.480 e. The Labute approximate surface area is 87.1 Å². The molecule has 0 rings (SSSR count). The first-order valence-corrected chi connectivity index (χ1v) is 5.40. The minimum Gasteiger partial charge on any atom is -0.480 e. The molecule has 0 aromatic heterocycles. The summed E-state index contributed by atoms with van der Waals surface area (Å²) in [6.07, 6.45) is 2.01. The van der Waals surface area contributed by atoms with Gasteiger partial charge in [0, 0.05) is 6.04 Å². The fraction of sp³-hybridized carbons (Fsp3) is 0.909. The maximum absolute atomic E-state index is 11.1. The average molecular weight is 201 g/mol. The van der Waals surface area contributed by atoms with E-state index >= 15 is 0 Å². The molecular weight excluding hydrogens is 178 g/mol. The summed E-state index contributed by atoms with van der Waals surface area (Å²) in [6.45, 7) is 8.11. The molecule has 0 aliphatic rings. The van der Waals surface area contributed by atoms with E-state index < -0.39 is 5.97 Å². The van der Waals surface area contributed by atoms with Crippen LogP contribution in [0.4, 0.5) is 0 Å². The third-order valence-corrected chi connectivity index (χ3v) is 2.84. The molecule has 0 aromatic rings. The number of hydrogen-bond acceptors (Lipinski definition) is 2. The average Bonchev–Trinajstić information content (AvgIpc) is 2.04. The van der Waals surface area contributed by atoms with Gasteiger partial charge in [0.25, 0.3) is 0 Å². The van der Waals surface area contributed by atoms with Crippen molar-refractivity contribution in [3.63, 3.8) is 0 Å². The molecule has 1 unspecified atom stereocenters. The lowest BCUT2D eigenvalue weighted by Gasteiger charge is -2.33. The molecule has 0 aliphatic carbocycles. The highest BCUT2D eigenvalue weighted by molar-refractivity contribution is 5.73. The summed E-state index contributed by atoms with van der Waals surface area (Å²) >= 11 is 0. The number of carbonyl (C=O) groups is 1. The van der Waals surface area contributed by atoms with Crippen molar-refractivity contribution in [2.75, 3.05) is 7.05 Å². The van der Waals surface area contributed by atoms with E-state index in [-0.39, 0.29) is 12.0 Å². The van der Waals surface area contributed by atoms with Crippen LogP contribution in [-0.4, -0.2) is 35.1 Å². The first-order chi connectivity index (χ1) is 6.45. The standard InChI is InChI=1S/C11H23NO2/c1-6-9(7-2)12(5)10(8(3)4)11(13)14/h8-10H,6-7H2,1-5H3,(H,13,14). The van der Waals surface area contributed by atoms with Crippen molar-refractivity contribution in [3.8, 4) is 0 Å². The van der Waals surface area contributed by atoms with E-state index in [4.69, 9.17) is 5.11 Å². The lowest BCUT2D eigenvalue weighted by Crippen LogP contribution is -2.47. The van der Waals surface area contributed by atoms with E-state index in [1.165, 1.54) is 0 Å². The normalized spacial score (nSPS) is 14.0. The van der Waals surface area contributed by atoms with E-state index in [2.05, 4.69) is 13.8 Å². The van der Waals surface area contributed by atoms with Crippen molar-refractivity contribution in [2.24, 2.45) is 5.92 Å². The zero-order chi connectivity index (χ0) is 11.3. The van der Waals surface area contributed by atoms with Crippen molar-refractivity contribution in [3.05, 3.63) is 0 Å². The number of carboxylic acid groups (broad SMARTS) is 1. The first kappa shape index (κ1) is 13.4. The fourth-order valence-electron chi connectivity index (χ4n) is 2.02. The van der Waals surface area contributed by atoms with Crippen LogP contribution >= 0.6 is 0 Å². The third kappa shape index (κ3) is 3.29. The van der Waals surface area contributed by atoms with Crippen LogP contribution < -0.4 is 0 Å². The quantitative estimate of drug-likeness (QED) is 0.716. The molecule has 3 nitrogen and oxygen atoms in total. The molecule has 0 saturated heterocycles. The predicted molar refractivity (Wildman–Crippen MR) is 58.4 cm³/mol. The van der Waals surface area contributed by atoms with Gasteiger partial charge in [-0.1, -0.05) is 27.7 Å². The van der Waals surface area contributed by atoms with Crippen LogP contribution in [0.3, 0.4) is 0 Å². The van der Waals surface area contributed by atoms with Gasteiger partial charge in [-0.25, -0.2) is 0 Å². The Morgan fingerprint density at radius 1 is 1.29 bits per heavy atom. The molecule has 84 valence electrons. The van der Waals surface area contributed by atoms with Gasteiger partial charge in [-0.2, -0.15) is 0 Å². The summed E-state index contributed by atoms with van der Waals surface area (Å²) in [4.78, 5) is 13.1. The van der Waals surface area contributed by atoms with Crippen LogP contribution in [0.25, 0.3) is 0 Å². The van der Waals surface area contributed by atoms with Crippen LogP contribution in [0.2, 0.25) is 0 Å². The number of nitrogens with zero attached hydrogens (tertiary/aromatic N) is 1. The zero-order valence-electron chi connectivity index (χ0n) is 9.95. The summed E-state index contributed by atoms with van der Waals surface area (Å²) in [5, 5.41) is 9.11. The molecule has 0 spiro atoms. The second kappa shape index (κ2) is 6.02. The zero-order valence-corrected chi connectivity index (χ0v) is 9.95. The smallest absolute Gasteiger partial charge is 0.321 e. The van der Waals surface area contributed by atoms with E-state index in [1.807, 2.05) is 25.8 Å². The first-order valence-electron chi connectivity index (χ1n) is 5.40. The molecule has 0 fully saturated rings. The fourth-order valence-corrected chi connectivity index (χ4v) is 2.02. The summed E-state index contributed by atoms with van der Waals surface area (Å²) in [5.41, 5.74) is 0. The van der Waals surface area contributed by atoms with Crippen LogP contribution in [0.15, 0.2) is 0 Å². The Hall–Kier alpha value is -0.570. The minimum absolute atomic E-state index is 0.151. The second-order valence-electron chi connectivity index (χ2n) is 4.16. The number of carboxylic acids is 1. The van der Waals surface area contributed by atoms with Crippen LogP contribution in [0, 0.1) is 5.92 Å². The maximum atomic E-state index is 11.1. The van der Waals surface area contributed by atoms with Crippen LogP contribution in [-0.2, 0) is 4.79 Å². The molecule has 0 amide bonds. The van der Waals surface area contributed by atoms with E-state index in [1.54, 1.807) is 0 Å². The number of hydrogen-bond donors (Lipinski definition) is 1. The Morgan fingerprint density at radius 2 is 1.71 bits per heavy atom. The Bertz CT molecular complexity index is 176. The van der Waals surface area contributed by atoms with Crippen molar-refractivity contribution in [1.82, 2.24) is 4.90 Å². The number of aliphatic carboxylic acids is 1. The molecule has 0 heterocycles. The predicted octanol–water partition coefficient (Wildman–Crippen LogP) is 2.22. The van der Waals surface area contributed by atoms with E-state index in [9.17, 15) is 4.79 Å². The second-order valence-corrected chi connectivity index (χ2v) is 4.16. The molecule has 0 bridgehead atoms. The Morgan fingerprint density at radius 3 is 1.93 bits per heavy atom. The lowest BCUT2D eigenvalue weighted by atomic mass is 9.99. The lowest BCUT2D eigenvalue weighted by molar-refractivity contribution is -0.145. The van der Waals surface area contributed by atoms with Crippen LogP contribution in [0.5, 0.6) is 0 Å². The summed E-state index contributed by atoms with van der Waals surface area (Å²) in [7, 11) is 1.91. The van der Waals surface area contributed by atoms with Crippen molar-refractivity contribution in [1.29, 1.82) is 0 Å². The monoisotopic (exact) mass is 201 g/mol. The van der Waals surface area contributed by atoms with E-state index in [0.29, 0.717) is 6.04 Å². The Balaban J connectivity index is 4.57. The van der Waals surface area contributed by atoms with E-state index in [0.717, 1.165) is 12.8 Å². The summed E-state index contributed by atoms with van der Waals surface area (Å²) in [5.74, 6) is -0.563. The van der Waals surface area contributed by atoms with Crippen molar-refractivity contribution in [2.45, 2.75) is 52.6 Å². The molecule has 0 saturated carbocycles. The molecular formula is C11H23NO2. The highest BCUT2D eigenvalue weighted by atomic mass is 16.4. The summed E-state index contributed by atoms with van der Waals surface area (Å²) < 4.78 is 0. The van der Waals surface area contributed by atoms with Gasteiger partial charge in [-0.05, 0) is 25.8 Å². The van der Waals surface area contributed by atoms with Gasteiger partial charge >= 0.3 is 5.97 Å².